The zero-order valence-electron chi connectivity index (χ0n) is 34.9. The summed E-state index contributed by atoms with van der Waals surface area (Å²) in [6.07, 6.45) is 5.89. The van der Waals surface area contributed by atoms with Gasteiger partial charge in [0.05, 0.1) is 46.9 Å². The van der Waals surface area contributed by atoms with Crippen LogP contribution in [0.3, 0.4) is 0 Å². The van der Waals surface area contributed by atoms with Gasteiger partial charge in [0.2, 0.25) is 5.78 Å². The predicted octanol–water partition coefficient (Wildman–Crippen LogP) is 3.85. The van der Waals surface area contributed by atoms with Crippen LogP contribution in [0, 0.1) is 36.5 Å². The van der Waals surface area contributed by atoms with Crippen molar-refractivity contribution in [2.24, 2.45) is 34.7 Å². The molecule has 15 nitrogen and oxygen atoms in total. The van der Waals surface area contributed by atoms with Crippen LogP contribution in [0.2, 0.25) is 0 Å². The van der Waals surface area contributed by atoms with E-state index in [9.17, 15) is 39.3 Å². The molecule has 9 atom stereocenters. The molecule has 1 aromatic rings. The summed E-state index contributed by atoms with van der Waals surface area (Å²) in [5.41, 5.74) is -1.69. The van der Waals surface area contributed by atoms with Gasteiger partial charge in [-0.2, -0.15) is 5.10 Å². The summed E-state index contributed by atoms with van der Waals surface area (Å²) in [6, 6.07) is 0. The first-order valence-electron chi connectivity index (χ1n) is 19.7. The van der Waals surface area contributed by atoms with Crippen molar-refractivity contribution in [3.63, 3.8) is 0 Å². The van der Waals surface area contributed by atoms with E-state index in [2.05, 4.69) is 15.3 Å². The molecule has 5 aliphatic rings. The summed E-state index contributed by atoms with van der Waals surface area (Å²) < 4.78 is 17.8. The highest BCUT2D eigenvalue weighted by atomic mass is 16.7. The molecule has 6 rings (SSSR count). The van der Waals surface area contributed by atoms with Crippen LogP contribution in [0.15, 0.2) is 52.5 Å². The van der Waals surface area contributed by atoms with Crippen LogP contribution in [0.25, 0.3) is 0 Å². The van der Waals surface area contributed by atoms with Gasteiger partial charge in [-0.1, -0.05) is 52.8 Å². The van der Waals surface area contributed by atoms with Gasteiger partial charge in [0.15, 0.2) is 5.78 Å². The summed E-state index contributed by atoms with van der Waals surface area (Å²) in [6.45, 7) is 16.9. The van der Waals surface area contributed by atoms with Crippen LogP contribution in [-0.2, 0) is 19.1 Å². The minimum Gasteiger partial charge on any atom is -0.507 e. The predicted molar refractivity (Wildman–Crippen MR) is 214 cm³/mol. The zero-order valence-corrected chi connectivity index (χ0v) is 34.9. The highest BCUT2D eigenvalue weighted by Crippen LogP contribution is 2.48. The number of hydrogen-bond donors (Lipinski definition) is 4. The number of rotatable bonds is 3. The Morgan fingerprint density at radius 1 is 0.914 bits per heavy atom. The van der Waals surface area contributed by atoms with Crippen molar-refractivity contribution in [2.75, 3.05) is 33.2 Å². The van der Waals surface area contributed by atoms with Crippen molar-refractivity contribution in [2.45, 2.75) is 86.4 Å². The van der Waals surface area contributed by atoms with E-state index in [1.165, 1.54) is 46.2 Å². The van der Waals surface area contributed by atoms with E-state index in [4.69, 9.17) is 14.2 Å². The second kappa shape index (κ2) is 17.4. The zero-order chi connectivity index (χ0) is 43.0. The lowest BCUT2D eigenvalue weighted by atomic mass is 9.77. The number of benzene rings is 1. The molecular weight excluding hydrogens is 748 g/mol. The average molecular weight is 805 g/mol. The largest absolute Gasteiger partial charge is 0.507 e. The summed E-state index contributed by atoms with van der Waals surface area (Å²) in [5.74, 6) is -9.12. The number of ether oxygens (including phenoxy) is 3. The first kappa shape index (κ1) is 44.0. The summed E-state index contributed by atoms with van der Waals surface area (Å²) in [7, 11) is 1.97. The lowest BCUT2D eigenvalue weighted by Crippen LogP contribution is -2.45. The van der Waals surface area contributed by atoms with Crippen molar-refractivity contribution in [1.82, 2.24) is 15.2 Å². The molecule has 1 aromatic carbocycles. The SMILES string of the molecule is CC(=O)O[C@H]1[C@H](C)[C@H](O)[C@H](C)[C@@H](O)[C@@H](C)/C=C/C=C(/C)C(=O)NC2=C(/C=N/N3CCN(C)CC3)C(=O)c3c(c(O)c(C)c4c3C(=O)[C@@](C)(O/C=C/[C@H](C)[C@H]1C)O4)C2=O. The van der Waals surface area contributed by atoms with Gasteiger partial charge < -0.3 is 39.7 Å². The lowest BCUT2D eigenvalue weighted by molar-refractivity contribution is -0.158. The molecule has 0 saturated carbocycles. The van der Waals surface area contributed by atoms with Gasteiger partial charge in [-0.3, -0.25) is 29.0 Å². The number of amides is 1. The van der Waals surface area contributed by atoms with E-state index >= 15 is 0 Å². The number of phenolic OH excluding ortho intramolecular Hbond substituents is 1. The van der Waals surface area contributed by atoms with Gasteiger partial charge in [-0.25, -0.2) is 0 Å². The van der Waals surface area contributed by atoms with E-state index < -0.39 is 99.6 Å². The normalized spacial score (nSPS) is 33.7. The number of hydrogen-bond acceptors (Lipinski definition) is 14. The molecule has 5 bridgehead atoms. The molecule has 4 aliphatic heterocycles. The van der Waals surface area contributed by atoms with E-state index in [-0.39, 0.29) is 33.9 Å². The number of carbonyl (C=O) groups excluding carboxylic acids is 5. The Morgan fingerprint density at radius 2 is 1.57 bits per heavy atom. The molecule has 15 heteroatoms. The van der Waals surface area contributed by atoms with Gasteiger partial charge >= 0.3 is 11.8 Å². The summed E-state index contributed by atoms with van der Waals surface area (Å²) in [4.78, 5) is 71.4. The van der Waals surface area contributed by atoms with Crippen molar-refractivity contribution in [3.8, 4) is 11.5 Å². The average Bonchev–Trinajstić information content (AvgIpc) is 3.44. The van der Waals surface area contributed by atoms with Gasteiger partial charge in [-0.15, -0.1) is 0 Å². The van der Waals surface area contributed by atoms with E-state index in [1.54, 1.807) is 44.0 Å². The first-order chi connectivity index (χ1) is 27.2. The van der Waals surface area contributed by atoms with E-state index in [0.29, 0.717) is 26.2 Å². The number of nitrogens with zero attached hydrogens (tertiary/aromatic N) is 3. The number of allylic oxidation sites excluding steroid dienone is 5. The van der Waals surface area contributed by atoms with Gasteiger partial charge in [0.1, 0.15) is 23.3 Å². The number of fused-ring (bicyclic) bond motifs is 14. The second-order valence-electron chi connectivity index (χ2n) is 16.2. The number of likely N-dealkylation sites (N-methyl/N-ethyl adjacent to an activating group) is 1. The molecule has 1 fully saturated rings. The molecular formula is C43H56N4O11. The van der Waals surface area contributed by atoms with Gasteiger partial charge in [-0.05, 0) is 38.8 Å². The van der Waals surface area contributed by atoms with Gasteiger partial charge in [0, 0.05) is 68.9 Å². The molecule has 0 radical (unpaired) electrons. The number of esters is 1. The number of hydrazone groups is 1. The maximum absolute atomic E-state index is 14.6. The van der Waals surface area contributed by atoms with Crippen LogP contribution >= 0.6 is 0 Å². The van der Waals surface area contributed by atoms with Crippen molar-refractivity contribution >= 4 is 35.4 Å². The number of ketones is 3. The fourth-order valence-corrected chi connectivity index (χ4v) is 7.75. The Hall–Kier alpha value is -5.12. The third-order valence-electron chi connectivity index (χ3n) is 12.0. The second-order valence-corrected chi connectivity index (χ2v) is 16.2. The number of aromatic hydroxyl groups is 1. The van der Waals surface area contributed by atoms with Gasteiger partial charge in [0.25, 0.3) is 11.7 Å². The minimum atomic E-state index is -2.03. The highest BCUT2D eigenvalue weighted by molar-refractivity contribution is 6.37. The molecule has 0 spiro atoms. The lowest BCUT2D eigenvalue weighted by Gasteiger charge is -2.37. The quantitative estimate of drug-likeness (QED) is 0.254. The Morgan fingerprint density at radius 3 is 2.21 bits per heavy atom. The first-order valence-corrected chi connectivity index (χ1v) is 19.7. The van der Waals surface area contributed by atoms with Crippen molar-refractivity contribution in [1.29, 1.82) is 0 Å². The van der Waals surface area contributed by atoms with Crippen LogP contribution in [0.5, 0.6) is 11.5 Å². The topological polar surface area (TPSA) is 205 Å². The molecule has 314 valence electrons. The monoisotopic (exact) mass is 804 g/mol. The Kier molecular flexibility index (Phi) is 13.2. The summed E-state index contributed by atoms with van der Waals surface area (Å²) >= 11 is 0. The number of piperazine rings is 1. The molecule has 0 unspecified atom stereocenters. The number of Topliss-reactive ketones (excluding diaryl/α,β-unsaturated/α-hetero) is 3. The molecule has 0 aromatic heterocycles. The Bertz CT molecular complexity index is 2010. The molecule has 1 saturated heterocycles. The molecule has 58 heavy (non-hydrogen) atoms. The third-order valence-corrected chi connectivity index (χ3v) is 12.0. The third kappa shape index (κ3) is 8.52. The standard InChI is InChI=1S/C43H56N4O11/c1-21-14-19-56-43(9)41(54)32-30-31(36(51)27(7)40(32)58-43)38(53)33(29(37(30)52)20-44-47-17-15-46(10)16-18-47)45-42(55)23(3)13-11-12-22(2)34(49)25(5)35(50)26(6)39(24(21)4)57-28(8)48/h11-14,19-22,24-26,34-35,39,49-51H,15-18H2,1-10H3,(H,45,55)/b12-11+,19-14+,23-13-,44-20+/t21-,22-,24+,25+,26+,34-,35+,39+,43-/m0/s1. The Balaban J connectivity index is 1.65. The summed E-state index contributed by atoms with van der Waals surface area (Å²) in [5, 5.41) is 43.1. The molecule has 4 N–H and O–H groups in total. The smallest absolute Gasteiger partial charge is 0.312 e. The van der Waals surface area contributed by atoms with E-state index in [0.717, 1.165) is 0 Å². The van der Waals surface area contributed by atoms with Crippen molar-refractivity contribution in [3.05, 3.63) is 69.7 Å². The van der Waals surface area contributed by atoms with Crippen LogP contribution in [-0.4, -0.2) is 118 Å². The fourth-order valence-electron chi connectivity index (χ4n) is 7.75. The van der Waals surface area contributed by atoms with Crippen LogP contribution in [0.1, 0.15) is 92.0 Å². The van der Waals surface area contributed by atoms with Crippen LogP contribution < -0.4 is 10.1 Å². The number of phenols is 1. The Labute approximate surface area is 339 Å². The maximum atomic E-state index is 14.6. The number of aliphatic hydroxyl groups excluding tert-OH is 2. The molecule has 1 amide bonds. The highest BCUT2D eigenvalue weighted by Gasteiger charge is 2.52. The fraction of sp³-hybridized carbons (Fsp3) is 0.535. The van der Waals surface area contributed by atoms with Crippen molar-refractivity contribution < 1.29 is 53.5 Å². The number of carbonyl (C=O) groups is 5. The minimum absolute atomic E-state index is 0.0100. The number of nitrogens with one attached hydrogen (secondary N) is 1. The molecule has 1 aliphatic carbocycles. The van der Waals surface area contributed by atoms with Crippen LogP contribution in [0.4, 0.5) is 0 Å². The molecule has 4 heterocycles. The maximum Gasteiger partial charge on any atom is 0.312 e. The number of aliphatic hydroxyl groups is 2. The van der Waals surface area contributed by atoms with E-state index in [1.807, 2.05) is 20.9 Å².